The van der Waals surface area contributed by atoms with Crippen molar-refractivity contribution in [1.29, 1.82) is 0 Å². The Kier molecular flexibility index (Phi) is 6.30. The molecule has 0 unspecified atom stereocenters. The third-order valence-corrected chi connectivity index (χ3v) is 8.08. The van der Waals surface area contributed by atoms with E-state index in [-0.39, 0.29) is 27.4 Å². The summed E-state index contributed by atoms with van der Waals surface area (Å²) < 4.78 is 74.8. The normalized spacial score (nSPS) is 11.7. The molecule has 41 heavy (non-hydrogen) atoms. The van der Waals surface area contributed by atoms with E-state index in [0.717, 1.165) is 23.2 Å². The molecule has 13 heteroatoms. The molecule has 0 aliphatic heterocycles. The van der Waals surface area contributed by atoms with Crippen LogP contribution < -0.4 is 10.0 Å². The fourth-order valence-corrected chi connectivity index (χ4v) is 5.75. The summed E-state index contributed by atoms with van der Waals surface area (Å²) in [4.78, 5) is 16.9. The Morgan fingerprint density at radius 1 is 0.829 bits per heavy atom. The van der Waals surface area contributed by atoms with Gasteiger partial charge in [-0.2, -0.15) is 0 Å². The zero-order valence-corrected chi connectivity index (χ0v) is 22.3. The van der Waals surface area contributed by atoms with E-state index in [1.165, 1.54) is 32.3 Å². The molecular formula is C28H20F3N7O2S. The fraction of sp³-hybridized carbons (Fsp3) is 0.0714. The van der Waals surface area contributed by atoms with Crippen molar-refractivity contribution in [3.8, 4) is 5.82 Å². The molecule has 0 fully saturated rings. The van der Waals surface area contributed by atoms with E-state index in [0.29, 0.717) is 11.3 Å². The Hall–Kier alpha value is -5.04. The van der Waals surface area contributed by atoms with Gasteiger partial charge in [-0.05, 0) is 61.9 Å². The van der Waals surface area contributed by atoms with Crippen molar-refractivity contribution in [3.63, 3.8) is 0 Å². The van der Waals surface area contributed by atoms with E-state index in [4.69, 9.17) is 0 Å². The maximum Gasteiger partial charge on any atom is 0.262 e. The van der Waals surface area contributed by atoms with Crippen molar-refractivity contribution in [1.82, 2.24) is 24.5 Å². The number of halogens is 3. The van der Waals surface area contributed by atoms with Gasteiger partial charge in [0.05, 0.1) is 27.1 Å². The van der Waals surface area contributed by atoms with Crippen molar-refractivity contribution in [2.75, 3.05) is 10.0 Å². The lowest BCUT2D eigenvalue weighted by Crippen LogP contribution is -2.17. The molecule has 206 valence electrons. The van der Waals surface area contributed by atoms with Crippen molar-refractivity contribution in [2.45, 2.75) is 18.7 Å². The predicted molar refractivity (Wildman–Crippen MR) is 148 cm³/mol. The Morgan fingerprint density at radius 2 is 1.63 bits per heavy atom. The zero-order chi connectivity index (χ0) is 28.9. The van der Waals surface area contributed by atoms with Crippen molar-refractivity contribution >= 4 is 49.3 Å². The number of anilines is 3. The van der Waals surface area contributed by atoms with Crippen LogP contribution in [-0.4, -0.2) is 32.9 Å². The second kappa shape index (κ2) is 9.86. The molecule has 2 N–H and O–H groups in total. The highest BCUT2D eigenvalue weighted by Gasteiger charge is 2.24. The molecule has 6 aromatic rings. The summed E-state index contributed by atoms with van der Waals surface area (Å²) >= 11 is 0. The second-order valence-corrected chi connectivity index (χ2v) is 10.8. The summed E-state index contributed by atoms with van der Waals surface area (Å²) in [5.41, 5.74) is 1.07. The minimum atomic E-state index is -4.42. The monoisotopic (exact) mass is 575 g/mol. The van der Waals surface area contributed by atoms with Gasteiger partial charge in [0.25, 0.3) is 10.0 Å². The van der Waals surface area contributed by atoms with Gasteiger partial charge >= 0.3 is 0 Å². The van der Waals surface area contributed by atoms with Crippen LogP contribution in [0.25, 0.3) is 27.9 Å². The van der Waals surface area contributed by atoms with Crippen molar-refractivity contribution < 1.29 is 21.6 Å². The van der Waals surface area contributed by atoms with E-state index in [2.05, 4.69) is 30.0 Å². The SMILES string of the molecule is Cc1ccc(S(=O)(=O)Nc2ccc(F)c(Nc3ncnc4ccc(-n5cnc6ccccc65)nc34)c2F)c(C)c1F. The average Bonchev–Trinajstić information content (AvgIpc) is 3.39. The number of pyridine rings is 1. The van der Waals surface area contributed by atoms with Crippen LogP contribution >= 0.6 is 0 Å². The second-order valence-electron chi connectivity index (χ2n) is 9.20. The van der Waals surface area contributed by atoms with Crippen LogP contribution in [0, 0.1) is 31.3 Å². The first kappa shape index (κ1) is 26.2. The number of aromatic nitrogens is 5. The molecule has 0 radical (unpaired) electrons. The average molecular weight is 576 g/mol. The highest BCUT2D eigenvalue weighted by Crippen LogP contribution is 2.32. The lowest BCUT2D eigenvalue weighted by Gasteiger charge is -2.15. The number of rotatable bonds is 6. The molecule has 0 atom stereocenters. The smallest absolute Gasteiger partial charge is 0.262 e. The number of hydrogen-bond acceptors (Lipinski definition) is 7. The predicted octanol–water partition coefficient (Wildman–Crippen LogP) is 5.94. The van der Waals surface area contributed by atoms with Crippen LogP contribution in [0.5, 0.6) is 0 Å². The van der Waals surface area contributed by atoms with Gasteiger partial charge in [-0.1, -0.05) is 18.2 Å². The number of nitrogens with zero attached hydrogens (tertiary/aromatic N) is 5. The number of imidazole rings is 1. The number of benzene rings is 3. The first-order valence-corrected chi connectivity index (χ1v) is 13.7. The molecule has 0 aliphatic carbocycles. The summed E-state index contributed by atoms with van der Waals surface area (Å²) in [6.07, 6.45) is 2.81. The van der Waals surface area contributed by atoms with Gasteiger partial charge in [0.1, 0.15) is 41.3 Å². The molecule has 6 rings (SSSR count). The topological polar surface area (TPSA) is 115 Å². The van der Waals surface area contributed by atoms with E-state index in [1.54, 1.807) is 23.0 Å². The van der Waals surface area contributed by atoms with Crippen molar-refractivity contribution in [2.24, 2.45) is 0 Å². The minimum absolute atomic E-state index is 0.0180. The van der Waals surface area contributed by atoms with E-state index in [1.807, 2.05) is 24.3 Å². The standard InChI is InChI=1S/C28H20F3N7O2S/c1-15-7-11-22(16(2)24(15)30)41(39,40)37-19-9-8-17(29)26(25(19)31)36-28-27-20(32-13-33-28)10-12-23(35-27)38-14-34-18-5-3-4-6-21(18)38/h3-14,37H,1-2H3,(H,32,33,36). The number of nitrogens with one attached hydrogen (secondary N) is 2. The van der Waals surface area contributed by atoms with Crippen molar-refractivity contribution in [3.05, 3.63) is 102 Å². The molecule has 0 spiro atoms. The van der Waals surface area contributed by atoms with Crippen LogP contribution in [0.2, 0.25) is 0 Å². The summed E-state index contributed by atoms with van der Waals surface area (Å²) in [7, 11) is -4.42. The van der Waals surface area contributed by atoms with Crippen LogP contribution in [0.1, 0.15) is 11.1 Å². The first-order chi connectivity index (χ1) is 19.6. The summed E-state index contributed by atoms with van der Waals surface area (Å²) in [6.45, 7) is 2.80. The molecule has 0 saturated carbocycles. The number of aryl methyl sites for hydroxylation is 1. The molecule has 0 saturated heterocycles. The Labute approximate surface area is 231 Å². The fourth-order valence-electron chi connectivity index (χ4n) is 4.46. The van der Waals surface area contributed by atoms with E-state index < -0.39 is 38.8 Å². The van der Waals surface area contributed by atoms with Gasteiger partial charge in [-0.15, -0.1) is 0 Å². The summed E-state index contributed by atoms with van der Waals surface area (Å²) in [6, 6.07) is 15.2. The lowest BCUT2D eigenvalue weighted by atomic mass is 10.1. The maximum atomic E-state index is 15.6. The largest absolute Gasteiger partial charge is 0.333 e. The third-order valence-electron chi connectivity index (χ3n) is 6.57. The third kappa shape index (κ3) is 4.59. The number of para-hydroxylation sites is 2. The molecule has 0 amide bonds. The van der Waals surface area contributed by atoms with E-state index >= 15 is 4.39 Å². The maximum absolute atomic E-state index is 15.6. The highest BCUT2D eigenvalue weighted by atomic mass is 32.2. The molecule has 3 aromatic heterocycles. The summed E-state index contributed by atoms with van der Waals surface area (Å²) in [5, 5.41) is 2.60. The van der Waals surface area contributed by atoms with Crippen LogP contribution in [0.4, 0.5) is 30.4 Å². The quantitative estimate of drug-likeness (QED) is 0.253. The summed E-state index contributed by atoms with van der Waals surface area (Å²) in [5.74, 6) is -2.49. The van der Waals surface area contributed by atoms with E-state index in [9.17, 15) is 17.2 Å². The van der Waals surface area contributed by atoms with Crippen LogP contribution in [0.3, 0.4) is 0 Å². The first-order valence-electron chi connectivity index (χ1n) is 12.2. The number of hydrogen-bond donors (Lipinski definition) is 2. The lowest BCUT2D eigenvalue weighted by molar-refractivity contribution is 0.583. The van der Waals surface area contributed by atoms with Gasteiger partial charge in [-0.25, -0.2) is 41.5 Å². The van der Waals surface area contributed by atoms with Gasteiger partial charge in [0, 0.05) is 5.56 Å². The van der Waals surface area contributed by atoms with Gasteiger partial charge in [0.15, 0.2) is 11.6 Å². The Morgan fingerprint density at radius 3 is 2.46 bits per heavy atom. The zero-order valence-electron chi connectivity index (χ0n) is 21.5. The molecule has 9 nitrogen and oxygen atoms in total. The molecule has 3 heterocycles. The van der Waals surface area contributed by atoms with Crippen LogP contribution in [-0.2, 0) is 10.0 Å². The number of sulfonamides is 1. The molecule has 0 aliphatic rings. The molecular weight excluding hydrogens is 555 g/mol. The molecule has 0 bridgehead atoms. The van der Waals surface area contributed by atoms with Gasteiger partial charge in [0.2, 0.25) is 0 Å². The van der Waals surface area contributed by atoms with Gasteiger partial charge in [-0.3, -0.25) is 9.29 Å². The van der Waals surface area contributed by atoms with Crippen LogP contribution in [0.15, 0.2) is 78.2 Å². The molecule has 3 aromatic carbocycles. The minimum Gasteiger partial charge on any atom is -0.333 e. The number of fused-ring (bicyclic) bond motifs is 2. The Bertz CT molecular complexity index is 2100. The highest BCUT2D eigenvalue weighted by molar-refractivity contribution is 7.92. The Balaban J connectivity index is 1.39. The van der Waals surface area contributed by atoms with Gasteiger partial charge < -0.3 is 5.32 Å².